The normalized spacial score (nSPS) is 21.2. The van der Waals surface area contributed by atoms with Gasteiger partial charge in [-0.15, -0.1) is 0 Å². The molecule has 4 rings (SSSR count). The summed E-state index contributed by atoms with van der Waals surface area (Å²) in [6.07, 6.45) is 4.62. The third-order valence-electron chi connectivity index (χ3n) is 6.32. The van der Waals surface area contributed by atoms with Crippen LogP contribution < -0.4 is 5.73 Å². The molecule has 1 fully saturated rings. The van der Waals surface area contributed by atoms with E-state index in [1.807, 2.05) is 13.0 Å². The Labute approximate surface area is 201 Å². The molecule has 6 nitrogen and oxygen atoms in total. The molecule has 2 N–H and O–H groups in total. The molecule has 35 heavy (non-hydrogen) atoms. The number of oxime groups is 1. The number of rotatable bonds is 6. The van der Waals surface area contributed by atoms with E-state index in [1.54, 1.807) is 12.4 Å². The van der Waals surface area contributed by atoms with E-state index in [2.05, 4.69) is 15.1 Å². The van der Waals surface area contributed by atoms with Gasteiger partial charge in [-0.2, -0.15) is 0 Å². The van der Waals surface area contributed by atoms with Crippen molar-refractivity contribution >= 4 is 11.5 Å². The zero-order valence-electron chi connectivity index (χ0n) is 19.3. The number of Topliss-reactive ketones (excluding diaryl/α,β-unsaturated/α-hetero) is 1. The maximum atomic E-state index is 14.4. The fourth-order valence-electron chi connectivity index (χ4n) is 4.70. The Morgan fingerprint density at radius 3 is 2.54 bits per heavy atom. The van der Waals surface area contributed by atoms with Crippen LogP contribution in [0.2, 0.25) is 0 Å². The number of nitrogens with zero attached hydrogens (tertiary/aromatic N) is 3. The van der Waals surface area contributed by atoms with Crippen LogP contribution in [0.25, 0.3) is 11.3 Å². The summed E-state index contributed by atoms with van der Waals surface area (Å²) in [5, 5.41) is 4.07. The van der Waals surface area contributed by atoms with Gasteiger partial charge in [-0.3, -0.25) is 9.78 Å². The first-order chi connectivity index (χ1) is 16.8. The Bertz CT molecular complexity index is 1250. The van der Waals surface area contributed by atoms with Gasteiger partial charge in [0.25, 0.3) is 0 Å². The van der Waals surface area contributed by atoms with Gasteiger partial charge in [-0.1, -0.05) is 18.1 Å². The Kier molecular flexibility index (Phi) is 7.25. The fraction of sp³-hybridized carbons (Fsp3) is 0.308. The van der Waals surface area contributed by atoms with Crippen LogP contribution in [-0.2, 0) is 11.3 Å². The first-order valence-corrected chi connectivity index (χ1v) is 11.2. The quantitative estimate of drug-likeness (QED) is 0.402. The summed E-state index contributed by atoms with van der Waals surface area (Å²) >= 11 is 0. The second-order valence-electron chi connectivity index (χ2n) is 8.67. The molecule has 0 saturated heterocycles. The number of carbonyl (C=O) groups is 1. The van der Waals surface area contributed by atoms with Crippen molar-refractivity contribution in [1.82, 2.24) is 9.97 Å². The highest BCUT2D eigenvalue weighted by atomic mass is 19.1. The van der Waals surface area contributed by atoms with Crippen LogP contribution in [0.3, 0.4) is 0 Å². The van der Waals surface area contributed by atoms with Crippen molar-refractivity contribution in [1.29, 1.82) is 0 Å². The molecule has 0 amide bonds. The van der Waals surface area contributed by atoms with E-state index in [-0.39, 0.29) is 30.0 Å². The monoisotopic (exact) mass is 482 g/mol. The van der Waals surface area contributed by atoms with Crippen molar-refractivity contribution in [3.63, 3.8) is 0 Å². The van der Waals surface area contributed by atoms with Gasteiger partial charge >= 0.3 is 0 Å². The molecule has 3 aromatic rings. The average Bonchev–Trinajstić information content (AvgIpc) is 2.82. The number of carbonyl (C=O) groups excluding carboxylic acids is 1. The fourth-order valence-corrected chi connectivity index (χ4v) is 4.70. The molecule has 2 heterocycles. The first-order valence-electron chi connectivity index (χ1n) is 11.2. The number of hydrogen-bond acceptors (Lipinski definition) is 6. The summed E-state index contributed by atoms with van der Waals surface area (Å²) in [7, 11) is 1.49. The van der Waals surface area contributed by atoms with Crippen LogP contribution in [0, 0.1) is 23.4 Å². The Morgan fingerprint density at radius 1 is 1.11 bits per heavy atom. The number of hydrogen-bond donors (Lipinski definition) is 1. The average molecular weight is 483 g/mol. The van der Waals surface area contributed by atoms with Gasteiger partial charge in [0, 0.05) is 24.9 Å². The number of nitrogens with two attached hydrogens (primary N) is 1. The van der Waals surface area contributed by atoms with Gasteiger partial charge < -0.3 is 10.6 Å². The maximum absolute atomic E-state index is 14.4. The maximum Gasteiger partial charge on any atom is 0.185 e. The van der Waals surface area contributed by atoms with Gasteiger partial charge in [-0.25, -0.2) is 18.2 Å². The molecule has 0 radical (unpaired) electrons. The van der Waals surface area contributed by atoms with Crippen molar-refractivity contribution in [2.45, 2.75) is 38.1 Å². The lowest BCUT2D eigenvalue weighted by Crippen LogP contribution is -2.41. The van der Waals surface area contributed by atoms with Gasteiger partial charge in [0.15, 0.2) is 5.78 Å². The SMILES string of the molecule is CO/N=C1/[C@H](N)C[C@H](c2ccncc2CC(=O)c2ccc(F)c(-c3c(F)cccc3F)n2)C[C@@H]1C. The molecule has 1 aromatic carbocycles. The lowest BCUT2D eigenvalue weighted by atomic mass is 9.74. The number of aromatic nitrogens is 2. The second-order valence-corrected chi connectivity index (χ2v) is 8.67. The zero-order valence-corrected chi connectivity index (χ0v) is 19.3. The minimum atomic E-state index is -0.963. The molecule has 1 aliphatic rings. The van der Waals surface area contributed by atoms with Crippen LogP contribution in [0.15, 0.2) is 53.9 Å². The number of benzene rings is 1. The molecule has 0 unspecified atom stereocenters. The van der Waals surface area contributed by atoms with E-state index in [0.29, 0.717) is 12.0 Å². The third-order valence-corrected chi connectivity index (χ3v) is 6.32. The topological polar surface area (TPSA) is 90.5 Å². The van der Waals surface area contributed by atoms with Crippen LogP contribution in [0.5, 0.6) is 0 Å². The Hall–Kier alpha value is -3.59. The van der Waals surface area contributed by atoms with Crippen LogP contribution in [0.1, 0.15) is 47.3 Å². The molecule has 0 aliphatic heterocycles. The highest BCUT2D eigenvalue weighted by molar-refractivity contribution is 5.96. The second kappa shape index (κ2) is 10.4. The van der Waals surface area contributed by atoms with Gasteiger partial charge in [0.05, 0.1) is 11.3 Å². The molecule has 0 spiro atoms. The van der Waals surface area contributed by atoms with Crippen LogP contribution in [0.4, 0.5) is 13.2 Å². The molecular formula is C26H25F3N4O2. The van der Waals surface area contributed by atoms with E-state index in [1.165, 1.54) is 19.2 Å². The van der Waals surface area contributed by atoms with Crippen LogP contribution in [-0.4, -0.2) is 34.6 Å². The predicted molar refractivity (Wildman–Crippen MR) is 125 cm³/mol. The van der Waals surface area contributed by atoms with E-state index in [0.717, 1.165) is 35.9 Å². The van der Waals surface area contributed by atoms with Gasteiger partial charge in [-0.05, 0) is 66.1 Å². The molecule has 1 saturated carbocycles. The van der Waals surface area contributed by atoms with Crippen molar-refractivity contribution in [3.8, 4) is 11.3 Å². The molecule has 1 aliphatic carbocycles. The first kappa shape index (κ1) is 24.5. The van der Waals surface area contributed by atoms with Crippen molar-refractivity contribution in [3.05, 3.63) is 83.1 Å². The summed E-state index contributed by atoms with van der Waals surface area (Å²) < 4.78 is 42.9. The summed E-state index contributed by atoms with van der Waals surface area (Å²) in [5.74, 6) is -3.11. The number of ketones is 1. The van der Waals surface area contributed by atoms with E-state index < -0.39 is 34.5 Å². The van der Waals surface area contributed by atoms with Crippen molar-refractivity contribution in [2.24, 2.45) is 16.8 Å². The Morgan fingerprint density at radius 2 is 1.86 bits per heavy atom. The molecule has 0 bridgehead atoms. The lowest BCUT2D eigenvalue weighted by Gasteiger charge is -2.33. The molecule has 3 atom stereocenters. The summed E-state index contributed by atoms with van der Waals surface area (Å²) in [4.78, 5) is 26.2. The van der Waals surface area contributed by atoms with Crippen LogP contribution >= 0.6 is 0 Å². The highest BCUT2D eigenvalue weighted by Crippen LogP contribution is 2.36. The molecule has 9 heteroatoms. The van der Waals surface area contributed by atoms with E-state index in [9.17, 15) is 18.0 Å². The van der Waals surface area contributed by atoms with E-state index in [4.69, 9.17) is 10.6 Å². The third kappa shape index (κ3) is 5.09. The molecular weight excluding hydrogens is 457 g/mol. The van der Waals surface area contributed by atoms with Gasteiger partial charge in [0.1, 0.15) is 35.9 Å². The minimum Gasteiger partial charge on any atom is -0.399 e. The van der Waals surface area contributed by atoms with Gasteiger partial charge in [0.2, 0.25) is 0 Å². The highest BCUT2D eigenvalue weighted by Gasteiger charge is 2.33. The van der Waals surface area contributed by atoms with E-state index >= 15 is 0 Å². The largest absolute Gasteiger partial charge is 0.399 e. The minimum absolute atomic E-state index is 0.0554. The summed E-state index contributed by atoms with van der Waals surface area (Å²) in [5.41, 5.74) is 7.52. The summed E-state index contributed by atoms with van der Waals surface area (Å²) in [6.45, 7) is 2.03. The van der Waals surface area contributed by atoms with Crippen molar-refractivity contribution < 1.29 is 22.8 Å². The smallest absolute Gasteiger partial charge is 0.185 e. The number of halogens is 3. The van der Waals surface area contributed by atoms with Crippen molar-refractivity contribution in [2.75, 3.05) is 7.11 Å². The lowest BCUT2D eigenvalue weighted by molar-refractivity contribution is 0.0987. The molecule has 2 aromatic heterocycles. The zero-order chi connectivity index (χ0) is 25.1. The summed E-state index contributed by atoms with van der Waals surface area (Å²) in [6, 6.07) is 6.98. The molecule has 182 valence electrons. The Balaban J connectivity index is 1.61. The standard InChI is InChI=1S/C26H25F3N4O2/c1-14-10-15(11-21(30)25(14)33-35-2)17-8-9-31-13-16(17)12-23(34)22-7-6-20(29)26(32-22)24-18(27)4-3-5-19(24)28/h3-9,13-15,21H,10-12,30H2,1-2H3/b33-25+/t14-,15+,21+/m0/s1. The predicted octanol–water partition coefficient (Wildman–Crippen LogP) is 4.83. The number of pyridine rings is 2.